The van der Waals surface area contributed by atoms with Crippen molar-refractivity contribution in [2.24, 2.45) is 0 Å². The van der Waals surface area contributed by atoms with Crippen molar-refractivity contribution in [3.63, 3.8) is 0 Å². The number of nitrogens with one attached hydrogen (secondary N) is 1. The molecule has 0 aliphatic carbocycles. The third-order valence-corrected chi connectivity index (χ3v) is 4.62. The van der Waals surface area contributed by atoms with Crippen LogP contribution in [0.15, 0.2) is 18.2 Å². The highest BCUT2D eigenvalue weighted by Crippen LogP contribution is 2.29. The van der Waals surface area contributed by atoms with Gasteiger partial charge in [-0.05, 0) is 19.2 Å². The molecular formula is C16H22Cl2N4O2. The second-order valence-corrected chi connectivity index (χ2v) is 6.79. The molecule has 0 bridgehead atoms. The first-order valence-corrected chi connectivity index (χ1v) is 8.51. The molecule has 0 radical (unpaired) electrons. The number of carbonyl (C=O) groups is 2. The van der Waals surface area contributed by atoms with Crippen molar-refractivity contribution in [2.45, 2.75) is 0 Å². The van der Waals surface area contributed by atoms with Gasteiger partial charge in [-0.1, -0.05) is 29.3 Å². The molecule has 132 valence electrons. The molecule has 1 aliphatic heterocycles. The van der Waals surface area contributed by atoms with Crippen molar-refractivity contribution in [3.05, 3.63) is 28.2 Å². The Labute approximate surface area is 152 Å². The standard InChI is InChI=1S/C16H22Cl2N4O2/c1-20-6-8-22(9-7-20)11-15(24)21(2)10-14(23)19-16-12(17)4-3-5-13(16)18/h3-5H,6-11H2,1-2H3,(H,19,23). The number of halogens is 2. The number of likely N-dealkylation sites (N-methyl/N-ethyl adjacent to an activating group) is 2. The van der Waals surface area contributed by atoms with E-state index in [9.17, 15) is 9.59 Å². The van der Waals surface area contributed by atoms with Crippen LogP contribution in [0.4, 0.5) is 5.69 Å². The van der Waals surface area contributed by atoms with Crippen LogP contribution in [0.1, 0.15) is 0 Å². The molecule has 1 N–H and O–H groups in total. The average molecular weight is 373 g/mol. The van der Waals surface area contributed by atoms with Gasteiger partial charge in [0.1, 0.15) is 0 Å². The molecule has 8 heteroatoms. The van der Waals surface area contributed by atoms with Crippen LogP contribution in [0.5, 0.6) is 0 Å². The van der Waals surface area contributed by atoms with Gasteiger partial charge in [0.2, 0.25) is 11.8 Å². The van der Waals surface area contributed by atoms with Crippen molar-refractivity contribution in [3.8, 4) is 0 Å². The summed E-state index contributed by atoms with van der Waals surface area (Å²) >= 11 is 12.0. The van der Waals surface area contributed by atoms with Crippen LogP contribution in [0.25, 0.3) is 0 Å². The van der Waals surface area contributed by atoms with Crippen molar-refractivity contribution in [1.82, 2.24) is 14.7 Å². The maximum Gasteiger partial charge on any atom is 0.244 e. The van der Waals surface area contributed by atoms with Crippen LogP contribution in [0.2, 0.25) is 10.0 Å². The van der Waals surface area contributed by atoms with Crippen LogP contribution in [0, 0.1) is 0 Å². The van der Waals surface area contributed by atoms with E-state index in [2.05, 4.69) is 22.2 Å². The second-order valence-electron chi connectivity index (χ2n) is 5.97. The molecule has 1 saturated heterocycles. The largest absolute Gasteiger partial charge is 0.335 e. The van der Waals surface area contributed by atoms with Gasteiger partial charge in [0, 0.05) is 33.2 Å². The van der Waals surface area contributed by atoms with E-state index in [1.54, 1.807) is 25.2 Å². The van der Waals surface area contributed by atoms with Gasteiger partial charge in [-0.15, -0.1) is 0 Å². The van der Waals surface area contributed by atoms with E-state index in [1.165, 1.54) is 4.90 Å². The van der Waals surface area contributed by atoms with E-state index in [1.807, 2.05) is 0 Å². The Hall–Kier alpha value is -1.34. The Morgan fingerprint density at radius 3 is 2.33 bits per heavy atom. The zero-order valence-corrected chi connectivity index (χ0v) is 15.4. The Morgan fingerprint density at radius 2 is 1.75 bits per heavy atom. The number of para-hydroxylation sites is 1. The third-order valence-electron chi connectivity index (χ3n) is 3.99. The van der Waals surface area contributed by atoms with Crippen molar-refractivity contribution in [2.75, 3.05) is 58.7 Å². The lowest BCUT2D eigenvalue weighted by Gasteiger charge is -2.32. The summed E-state index contributed by atoms with van der Waals surface area (Å²) in [6.45, 7) is 3.89. The van der Waals surface area contributed by atoms with Crippen molar-refractivity contribution < 1.29 is 9.59 Å². The smallest absolute Gasteiger partial charge is 0.244 e. The highest BCUT2D eigenvalue weighted by atomic mass is 35.5. The summed E-state index contributed by atoms with van der Waals surface area (Å²) in [5, 5.41) is 3.38. The molecule has 2 rings (SSSR count). The van der Waals surface area contributed by atoms with Gasteiger partial charge in [-0.3, -0.25) is 14.5 Å². The lowest BCUT2D eigenvalue weighted by Crippen LogP contribution is -2.49. The molecule has 0 aromatic heterocycles. The number of hydrogen-bond acceptors (Lipinski definition) is 4. The van der Waals surface area contributed by atoms with Crippen molar-refractivity contribution in [1.29, 1.82) is 0 Å². The summed E-state index contributed by atoms with van der Waals surface area (Å²) < 4.78 is 0. The number of benzene rings is 1. The van der Waals surface area contributed by atoms with Gasteiger partial charge in [-0.25, -0.2) is 0 Å². The van der Waals surface area contributed by atoms with E-state index < -0.39 is 0 Å². The highest BCUT2D eigenvalue weighted by Gasteiger charge is 2.20. The molecule has 0 unspecified atom stereocenters. The number of nitrogens with zero attached hydrogens (tertiary/aromatic N) is 3. The van der Waals surface area contributed by atoms with Crippen LogP contribution < -0.4 is 5.32 Å². The van der Waals surface area contributed by atoms with Crippen LogP contribution in [-0.2, 0) is 9.59 Å². The molecule has 1 aromatic carbocycles. The average Bonchev–Trinajstić information content (AvgIpc) is 2.53. The second kappa shape index (κ2) is 8.67. The molecular weight excluding hydrogens is 351 g/mol. The Balaban J connectivity index is 1.83. The van der Waals surface area contributed by atoms with Gasteiger partial charge in [-0.2, -0.15) is 0 Å². The summed E-state index contributed by atoms with van der Waals surface area (Å²) in [6.07, 6.45) is 0. The molecule has 1 fully saturated rings. The van der Waals surface area contributed by atoms with Gasteiger partial charge >= 0.3 is 0 Å². The Kier molecular flexibility index (Phi) is 6.86. The van der Waals surface area contributed by atoms with Crippen LogP contribution >= 0.6 is 23.2 Å². The van der Waals surface area contributed by atoms with E-state index in [0.29, 0.717) is 22.3 Å². The topological polar surface area (TPSA) is 55.9 Å². The summed E-state index contributed by atoms with van der Waals surface area (Å²) in [6, 6.07) is 4.99. The molecule has 1 heterocycles. The van der Waals surface area contributed by atoms with Gasteiger partial charge in [0.15, 0.2) is 0 Å². The fourth-order valence-electron chi connectivity index (χ4n) is 2.42. The van der Waals surface area contributed by atoms with Gasteiger partial charge in [0.05, 0.1) is 28.8 Å². The monoisotopic (exact) mass is 372 g/mol. The zero-order valence-electron chi connectivity index (χ0n) is 13.9. The summed E-state index contributed by atoms with van der Waals surface area (Å²) in [5.41, 5.74) is 0.366. The summed E-state index contributed by atoms with van der Waals surface area (Å²) in [7, 11) is 3.68. The SMILES string of the molecule is CN1CCN(CC(=O)N(C)CC(=O)Nc2c(Cl)cccc2Cl)CC1. The van der Waals surface area contributed by atoms with E-state index in [-0.39, 0.29) is 18.4 Å². The number of hydrogen-bond donors (Lipinski definition) is 1. The van der Waals surface area contributed by atoms with E-state index in [4.69, 9.17) is 23.2 Å². The minimum absolute atomic E-state index is 0.0475. The van der Waals surface area contributed by atoms with Crippen molar-refractivity contribution >= 4 is 40.7 Å². The molecule has 24 heavy (non-hydrogen) atoms. The maximum atomic E-state index is 12.3. The molecule has 1 aromatic rings. The first-order chi connectivity index (χ1) is 11.4. The molecule has 2 amide bonds. The van der Waals surface area contributed by atoms with E-state index >= 15 is 0 Å². The minimum Gasteiger partial charge on any atom is -0.335 e. The predicted octanol–water partition coefficient (Wildman–Crippen LogP) is 1.64. The lowest BCUT2D eigenvalue weighted by atomic mass is 10.3. The summed E-state index contributed by atoms with van der Waals surface area (Å²) in [5.74, 6) is -0.417. The normalized spacial score (nSPS) is 16.0. The Bertz CT molecular complexity index is 583. The molecule has 0 saturated carbocycles. The predicted molar refractivity (Wildman–Crippen MR) is 96.7 cm³/mol. The Morgan fingerprint density at radius 1 is 1.17 bits per heavy atom. The number of anilines is 1. The number of amides is 2. The van der Waals surface area contributed by atoms with Gasteiger partial charge < -0.3 is 15.1 Å². The van der Waals surface area contributed by atoms with Crippen LogP contribution in [0.3, 0.4) is 0 Å². The van der Waals surface area contributed by atoms with Gasteiger partial charge in [0.25, 0.3) is 0 Å². The highest BCUT2D eigenvalue weighted by molar-refractivity contribution is 6.39. The molecule has 0 spiro atoms. The fourth-order valence-corrected chi connectivity index (χ4v) is 2.91. The lowest BCUT2D eigenvalue weighted by molar-refractivity contribution is -0.134. The maximum absolute atomic E-state index is 12.3. The van der Waals surface area contributed by atoms with Crippen LogP contribution in [-0.4, -0.2) is 79.9 Å². The summed E-state index contributed by atoms with van der Waals surface area (Å²) in [4.78, 5) is 30.1. The quantitative estimate of drug-likeness (QED) is 0.853. The molecule has 0 atom stereocenters. The fraction of sp³-hybridized carbons (Fsp3) is 0.500. The first kappa shape index (κ1) is 19.0. The minimum atomic E-state index is -0.334. The number of carbonyl (C=O) groups excluding carboxylic acids is 2. The number of rotatable bonds is 5. The number of piperazine rings is 1. The first-order valence-electron chi connectivity index (χ1n) is 7.75. The molecule has 1 aliphatic rings. The molecule has 6 nitrogen and oxygen atoms in total. The van der Waals surface area contributed by atoms with E-state index in [0.717, 1.165) is 26.2 Å². The third kappa shape index (κ3) is 5.34. The zero-order chi connectivity index (χ0) is 17.7.